The molecule has 3 rings (SSSR count). The average molecular weight is 352 g/mol. The number of nitrogens with zero attached hydrogens (tertiary/aromatic N) is 1. The smallest absolute Gasteiger partial charge is 0.294 e. The predicted octanol–water partition coefficient (Wildman–Crippen LogP) is 4.23. The number of pyridine rings is 1. The van der Waals surface area contributed by atoms with Crippen molar-refractivity contribution in [3.63, 3.8) is 0 Å². The fourth-order valence-corrected chi connectivity index (χ4v) is 3.11. The standard InChI is InChI=1S/C21H21FN2O2/c1-3-6-14(2)23-21(26)20(25)19-18(15-8-10-16(22)11-9-15)13-17-7-4-5-12-24(17)19/h4-5,7-14H,3,6H2,1-2H3,(H,23,26)/t14-/m0/s1. The molecular formula is C21H21FN2O2. The fourth-order valence-electron chi connectivity index (χ4n) is 3.11. The number of fused-ring (bicyclic) bond motifs is 1. The molecule has 0 saturated heterocycles. The van der Waals surface area contributed by atoms with Gasteiger partial charge < -0.3 is 9.72 Å². The highest BCUT2D eigenvalue weighted by molar-refractivity contribution is 6.43. The molecule has 0 aliphatic carbocycles. The van der Waals surface area contributed by atoms with E-state index in [0.717, 1.165) is 18.4 Å². The molecule has 2 aromatic heterocycles. The lowest BCUT2D eigenvalue weighted by atomic mass is 10.0. The van der Waals surface area contributed by atoms with Crippen LogP contribution in [-0.2, 0) is 4.79 Å². The molecule has 0 bridgehead atoms. The summed E-state index contributed by atoms with van der Waals surface area (Å²) >= 11 is 0. The zero-order valence-electron chi connectivity index (χ0n) is 14.8. The van der Waals surface area contributed by atoms with E-state index in [9.17, 15) is 14.0 Å². The second-order valence-corrected chi connectivity index (χ2v) is 6.40. The Labute approximate surface area is 151 Å². The number of nitrogens with one attached hydrogen (secondary N) is 1. The van der Waals surface area contributed by atoms with Crippen molar-refractivity contribution in [1.29, 1.82) is 0 Å². The monoisotopic (exact) mass is 352 g/mol. The molecule has 134 valence electrons. The largest absolute Gasteiger partial charge is 0.347 e. The second-order valence-electron chi connectivity index (χ2n) is 6.40. The Bertz CT molecular complexity index is 944. The van der Waals surface area contributed by atoms with Crippen LogP contribution in [0.25, 0.3) is 16.6 Å². The van der Waals surface area contributed by atoms with Gasteiger partial charge in [0.1, 0.15) is 11.5 Å². The Kier molecular flexibility index (Phi) is 5.16. The quantitative estimate of drug-likeness (QED) is 0.533. The van der Waals surface area contributed by atoms with E-state index in [-0.39, 0.29) is 17.6 Å². The van der Waals surface area contributed by atoms with Crippen LogP contribution in [0.2, 0.25) is 0 Å². The Hall–Kier alpha value is -2.95. The normalized spacial score (nSPS) is 12.1. The Balaban J connectivity index is 2.05. The molecule has 0 aliphatic rings. The number of amides is 1. The number of carbonyl (C=O) groups excluding carboxylic acids is 2. The fraction of sp³-hybridized carbons (Fsp3) is 0.238. The molecule has 0 radical (unpaired) electrons. The Morgan fingerprint density at radius 1 is 1.15 bits per heavy atom. The molecule has 1 aromatic carbocycles. The van der Waals surface area contributed by atoms with Crippen LogP contribution in [0.1, 0.15) is 37.2 Å². The zero-order valence-corrected chi connectivity index (χ0v) is 14.8. The van der Waals surface area contributed by atoms with Crippen LogP contribution in [0.15, 0.2) is 54.7 Å². The summed E-state index contributed by atoms with van der Waals surface area (Å²) in [5.41, 5.74) is 2.38. The number of aromatic nitrogens is 1. The summed E-state index contributed by atoms with van der Waals surface area (Å²) in [5, 5.41) is 2.76. The first-order chi connectivity index (χ1) is 12.5. The van der Waals surface area contributed by atoms with E-state index in [1.807, 2.05) is 32.0 Å². The van der Waals surface area contributed by atoms with Gasteiger partial charge in [-0.25, -0.2) is 4.39 Å². The molecule has 0 unspecified atom stereocenters. The molecule has 0 spiro atoms. The van der Waals surface area contributed by atoms with Crippen molar-refractivity contribution in [2.45, 2.75) is 32.7 Å². The van der Waals surface area contributed by atoms with Crippen LogP contribution < -0.4 is 5.32 Å². The number of ketones is 1. The maximum atomic E-state index is 13.3. The van der Waals surface area contributed by atoms with E-state index < -0.39 is 11.7 Å². The van der Waals surface area contributed by atoms with Gasteiger partial charge in [-0.05, 0) is 49.2 Å². The maximum Gasteiger partial charge on any atom is 0.294 e. The van der Waals surface area contributed by atoms with Gasteiger partial charge in [0.25, 0.3) is 11.7 Å². The number of carbonyl (C=O) groups is 2. The molecule has 4 nitrogen and oxygen atoms in total. The summed E-state index contributed by atoms with van der Waals surface area (Å²) < 4.78 is 15.0. The molecule has 1 N–H and O–H groups in total. The minimum Gasteiger partial charge on any atom is -0.347 e. The van der Waals surface area contributed by atoms with Gasteiger partial charge in [-0.15, -0.1) is 0 Å². The number of rotatable bonds is 6. The van der Waals surface area contributed by atoms with Crippen LogP contribution >= 0.6 is 0 Å². The molecule has 26 heavy (non-hydrogen) atoms. The topological polar surface area (TPSA) is 50.6 Å². The van der Waals surface area contributed by atoms with E-state index in [4.69, 9.17) is 0 Å². The van der Waals surface area contributed by atoms with Crippen LogP contribution in [0.5, 0.6) is 0 Å². The third kappa shape index (κ3) is 3.52. The van der Waals surface area contributed by atoms with E-state index in [1.54, 1.807) is 28.8 Å². The number of hydrogen-bond donors (Lipinski definition) is 1. The van der Waals surface area contributed by atoms with Crippen molar-refractivity contribution in [2.24, 2.45) is 0 Å². The van der Waals surface area contributed by atoms with Crippen molar-refractivity contribution in [2.75, 3.05) is 0 Å². The molecule has 0 saturated carbocycles. The molecule has 0 aliphatic heterocycles. The third-order valence-corrected chi connectivity index (χ3v) is 4.36. The number of benzene rings is 1. The summed E-state index contributed by atoms with van der Waals surface area (Å²) in [5.74, 6) is -1.58. The molecule has 1 amide bonds. The molecular weight excluding hydrogens is 331 g/mol. The van der Waals surface area contributed by atoms with Gasteiger partial charge in [-0.2, -0.15) is 0 Å². The highest BCUT2D eigenvalue weighted by atomic mass is 19.1. The van der Waals surface area contributed by atoms with Crippen molar-refractivity contribution in [1.82, 2.24) is 9.72 Å². The van der Waals surface area contributed by atoms with Crippen molar-refractivity contribution in [3.05, 3.63) is 66.2 Å². The third-order valence-electron chi connectivity index (χ3n) is 4.36. The van der Waals surface area contributed by atoms with Crippen molar-refractivity contribution in [3.8, 4) is 11.1 Å². The first kappa shape index (κ1) is 17.9. The SMILES string of the molecule is CCC[C@H](C)NC(=O)C(=O)c1c(-c2ccc(F)cc2)cc2ccccn12. The van der Waals surface area contributed by atoms with Crippen LogP contribution in [0.4, 0.5) is 4.39 Å². The Morgan fingerprint density at radius 3 is 2.58 bits per heavy atom. The van der Waals surface area contributed by atoms with Gasteiger partial charge in [0, 0.05) is 23.3 Å². The summed E-state index contributed by atoms with van der Waals surface area (Å²) in [6.45, 7) is 3.91. The predicted molar refractivity (Wildman–Crippen MR) is 99.6 cm³/mol. The van der Waals surface area contributed by atoms with Gasteiger partial charge in [0.15, 0.2) is 0 Å². The van der Waals surface area contributed by atoms with Gasteiger partial charge in [-0.3, -0.25) is 9.59 Å². The minimum atomic E-state index is -0.627. The number of Topliss-reactive ketones (excluding diaryl/α,β-unsaturated/α-hetero) is 1. The lowest BCUT2D eigenvalue weighted by molar-refractivity contribution is -0.117. The number of hydrogen-bond acceptors (Lipinski definition) is 2. The molecule has 5 heteroatoms. The van der Waals surface area contributed by atoms with E-state index >= 15 is 0 Å². The summed E-state index contributed by atoms with van der Waals surface area (Å²) in [6.07, 6.45) is 3.47. The average Bonchev–Trinajstić information content (AvgIpc) is 3.01. The van der Waals surface area contributed by atoms with Crippen LogP contribution in [0, 0.1) is 5.82 Å². The lowest BCUT2D eigenvalue weighted by Gasteiger charge is -2.13. The van der Waals surface area contributed by atoms with E-state index in [2.05, 4.69) is 5.32 Å². The first-order valence-electron chi connectivity index (χ1n) is 8.72. The second kappa shape index (κ2) is 7.52. The Morgan fingerprint density at radius 2 is 1.88 bits per heavy atom. The first-order valence-corrected chi connectivity index (χ1v) is 8.72. The highest BCUT2D eigenvalue weighted by Crippen LogP contribution is 2.28. The number of halogens is 1. The molecule has 2 heterocycles. The summed E-state index contributed by atoms with van der Waals surface area (Å²) in [7, 11) is 0. The van der Waals surface area contributed by atoms with Crippen LogP contribution in [0.3, 0.4) is 0 Å². The maximum absolute atomic E-state index is 13.3. The van der Waals surface area contributed by atoms with E-state index in [0.29, 0.717) is 11.1 Å². The lowest BCUT2D eigenvalue weighted by Crippen LogP contribution is -2.38. The summed E-state index contributed by atoms with van der Waals surface area (Å²) in [6, 6.07) is 13.2. The van der Waals surface area contributed by atoms with E-state index in [1.165, 1.54) is 12.1 Å². The van der Waals surface area contributed by atoms with Gasteiger partial charge in [0.05, 0.1) is 0 Å². The molecule has 0 fully saturated rings. The highest BCUT2D eigenvalue weighted by Gasteiger charge is 2.25. The summed E-state index contributed by atoms with van der Waals surface area (Å²) in [4.78, 5) is 25.4. The van der Waals surface area contributed by atoms with Crippen molar-refractivity contribution >= 4 is 17.2 Å². The molecule has 1 atom stereocenters. The van der Waals surface area contributed by atoms with Crippen LogP contribution in [-0.4, -0.2) is 22.1 Å². The zero-order chi connectivity index (χ0) is 18.7. The van der Waals surface area contributed by atoms with Gasteiger partial charge in [-0.1, -0.05) is 31.5 Å². The van der Waals surface area contributed by atoms with Gasteiger partial charge in [0.2, 0.25) is 0 Å². The van der Waals surface area contributed by atoms with Gasteiger partial charge >= 0.3 is 0 Å². The van der Waals surface area contributed by atoms with Crippen molar-refractivity contribution < 1.29 is 14.0 Å². The minimum absolute atomic E-state index is 0.0723. The molecule has 3 aromatic rings.